The van der Waals surface area contributed by atoms with Crippen molar-refractivity contribution in [2.24, 2.45) is 0 Å². The van der Waals surface area contributed by atoms with Crippen LogP contribution in [0.4, 0.5) is 0 Å². The van der Waals surface area contributed by atoms with E-state index in [1.165, 1.54) is 0 Å². The first-order chi connectivity index (χ1) is 10.7. The Morgan fingerprint density at radius 2 is 1.91 bits per heavy atom. The molecule has 0 fully saturated rings. The molecule has 0 bridgehead atoms. The number of fused-ring (bicyclic) bond motifs is 2. The Balaban J connectivity index is 1.92. The van der Waals surface area contributed by atoms with Gasteiger partial charge in [0.05, 0.1) is 5.69 Å². The van der Waals surface area contributed by atoms with Gasteiger partial charge in [0.15, 0.2) is 0 Å². The van der Waals surface area contributed by atoms with E-state index in [0.717, 1.165) is 46.4 Å². The first kappa shape index (κ1) is 13.0. The number of pyridine rings is 1. The number of benzene rings is 1. The fourth-order valence-corrected chi connectivity index (χ4v) is 3.04. The maximum atomic E-state index is 12.7. The van der Waals surface area contributed by atoms with Crippen LogP contribution >= 0.6 is 0 Å². The molecule has 0 spiro atoms. The number of nitrogens with zero attached hydrogens (tertiary/aromatic N) is 2. The van der Waals surface area contributed by atoms with Crippen LogP contribution in [0.5, 0.6) is 0 Å². The van der Waals surface area contributed by atoms with Gasteiger partial charge < -0.3 is 0 Å². The Morgan fingerprint density at radius 3 is 2.73 bits per heavy atom. The SMILES string of the molecule is Cc1ccc2nc3c(c(=O)n2c1)CC/C3=C/c1ccccc1. The summed E-state index contributed by atoms with van der Waals surface area (Å²) in [6, 6.07) is 14.1. The second kappa shape index (κ2) is 4.95. The summed E-state index contributed by atoms with van der Waals surface area (Å²) in [5.41, 5.74) is 5.87. The number of hydrogen-bond donors (Lipinski definition) is 0. The third-order valence-electron chi connectivity index (χ3n) is 4.15. The molecule has 0 unspecified atom stereocenters. The van der Waals surface area contributed by atoms with Crippen molar-refractivity contribution in [1.29, 1.82) is 0 Å². The van der Waals surface area contributed by atoms with E-state index in [-0.39, 0.29) is 5.56 Å². The molecule has 0 saturated carbocycles. The Morgan fingerprint density at radius 1 is 1.09 bits per heavy atom. The van der Waals surface area contributed by atoms with Crippen molar-refractivity contribution in [2.45, 2.75) is 19.8 Å². The minimum atomic E-state index is 0.0696. The van der Waals surface area contributed by atoms with Gasteiger partial charge in [0.25, 0.3) is 5.56 Å². The molecule has 0 amide bonds. The van der Waals surface area contributed by atoms with Gasteiger partial charge in [-0.25, -0.2) is 4.98 Å². The molecule has 1 aliphatic rings. The van der Waals surface area contributed by atoms with E-state index in [9.17, 15) is 4.79 Å². The maximum absolute atomic E-state index is 12.7. The van der Waals surface area contributed by atoms with Crippen LogP contribution in [0.1, 0.15) is 28.8 Å². The molecule has 0 radical (unpaired) electrons. The highest BCUT2D eigenvalue weighted by atomic mass is 16.1. The topological polar surface area (TPSA) is 34.4 Å². The quantitative estimate of drug-likeness (QED) is 0.687. The van der Waals surface area contributed by atoms with Crippen LogP contribution in [0.2, 0.25) is 0 Å². The minimum absolute atomic E-state index is 0.0696. The van der Waals surface area contributed by atoms with E-state index in [1.54, 1.807) is 4.40 Å². The highest BCUT2D eigenvalue weighted by molar-refractivity contribution is 5.84. The number of allylic oxidation sites excluding steroid dienone is 1. The molecular formula is C19H16N2O. The Kier molecular flexibility index (Phi) is 2.93. The van der Waals surface area contributed by atoms with Crippen LogP contribution in [0.3, 0.4) is 0 Å². The first-order valence-electron chi connectivity index (χ1n) is 7.50. The van der Waals surface area contributed by atoms with Crippen molar-refractivity contribution in [3.63, 3.8) is 0 Å². The Labute approximate surface area is 128 Å². The van der Waals surface area contributed by atoms with Crippen molar-refractivity contribution >= 4 is 17.3 Å². The van der Waals surface area contributed by atoms with Crippen LogP contribution in [-0.2, 0) is 6.42 Å². The van der Waals surface area contributed by atoms with Gasteiger partial charge in [-0.2, -0.15) is 0 Å². The second-order valence-electron chi connectivity index (χ2n) is 5.76. The van der Waals surface area contributed by atoms with E-state index in [0.29, 0.717) is 0 Å². The summed E-state index contributed by atoms with van der Waals surface area (Å²) in [6.45, 7) is 1.99. The summed E-state index contributed by atoms with van der Waals surface area (Å²) in [6.07, 6.45) is 5.66. The molecule has 108 valence electrons. The van der Waals surface area contributed by atoms with Crippen molar-refractivity contribution < 1.29 is 0 Å². The van der Waals surface area contributed by atoms with Crippen molar-refractivity contribution in [3.05, 3.63) is 81.4 Å². The smallest absolute Gasteiger partial charge is 0.261 e. The highest BCUT2D eigenvalue weighted by Crippen LogP contribution is 2.30. The summed E-state index contributed by atoms with van der Waals surface area (Å²) in [5, 5.41) is 0. The van der Waals surface area contributed by atoms with Crippen LogP contribution in [0, 0.1) is 6.92 Å². The van der Waals surface area contributed by atoms with Crippen LogP contribution in [-0.4, -0.2) is 9.38 Å². The fraction of sp³-hybridized carbons (Fsp3) is 0.158. The monoisotopic (exact) mass is 288 g/mol. The molecule has 22 heavy (non-hydrogen) atoms. The van der Waals surface area contributed by atoms with Gasteiger partial charge in [-0.05, 0) is 48.6 Å². The highest BCUT2D eigenvalue weighted by Gasteiger charge is 2.22. The molecule has 0 N–H and O–H groups in total. The molecular weight excluding hydrogens is 272 g/mol. The standard InChI is InChI=1S/C19H16N2O/c1-13-7-10-17-20-18-15(11-14-5-3-2-4-6-14)8-9-16(18)19(22)21(17)12-13/h2-7,10-12H,8-9H2,1H3/b15-11-. The number of hydrogen-bond acceptors (Lipinski definition) is 2. The lowest BCUT2D eigenvalue weighted by Crippen LogP contribution is -2.19. The summed E-state index contributed by atoms with van der Waals surface area (Å²) in [5.74, 6) is 0. The molecule has 0 aliphatic heterocycles. The fourth-order valence-electron chi connectivity index (χ4n) is 3.04. The third kappa shape index (κ3) is 2.06. The maximum Gasteiger partial charge on any atom is 0.261 e. The largest absolute Gasteiger partial charge is 0.269 e. The Bertz CT molecular complexity index is 952. The minimum Gasteiger partial charge on any atom is -0.269 e. The number of aromatic nitrogens is 2. The molecule has 2 aromatic heterocycles. The third-order valence-corrected chi connectivity index (χ3v) is 4.15. The zero-order valence-corrected chi connectivity index (χ0v) is 12.4. The predicted molar refractivity (Wildman–Crippen MR) is 88.8 cm³/mol. The van der Waals surface area contributed by atoms with E-state index < -0.39 is 0 Å². The molecule has 3 aromatic rings. The molecule has 1 aromatic carbocycles. The van der Waals surface area contributed by atoms with Crippen molar-refractivity contribution in [2.75, 3.05) is 0 Å². The first-order valence-corrected chi connectivity index (χ1v) is 7.50. The summed E-state index contributed by atoms with van der Waals surface area (Å²) in [7, 11) is 0. The van der Waals surface area contributed by atoms with Gasteiger partial charge >= 0.3 is 0 Å². The van der Waals surface area contributed by atoms with Gasteiger partial charge in [-0.3, -0.25) is 9.20 Å². The van der Waals surface area contributed by atoms with Gasteiger partial charge in [0, 0.05) is 11.8 Å². The zero-order valence-electron chi connectivity index (χ0n) is 12.4. The van der Waals surface area contributed by atoms with E-state index in [2.05, 4.69) is 18.2 Å². The lowest BCUT2D eigenvalue weighted by molar-refractivity contribution is 0.965. The number of aryl methyl sites for hydroxylation is 1. The molecule has 3 nitrogen and oxygen atoms in total. The van der Waals surface area contributed by atoms with Gasteiger partial charge in [0.1, 0.15) is 5.65 Å². The molecule has 0 saturated heterocycles. The Hall–Kier alpha value is -2.68. The van der Waals surface area contributed by atoms with E-state index in [4.69, 9.17) is 4.98 Å². The lowest BCUT2D eigenvalue weighted by Gasteiger charge is -2.06. The van der Waals surface area contributed by atoms with Crippen molar-refractivity contribution in [3.8, 4) is 0 Å². The summed E-state index contributed by atoms with van der Waals surface area (Å²) < 4.78 is 1.67. The summed E-state index contributed by atoms with van der Waals surface area (Å²) in [4.78, 5) is 17.4. The van der Waals surface area contributed by atoms with E-state index in [1.807, 2.05) is 43.5 Å². The molecule has 1 aliphatic carbocycles. The number of rotatable bonds is 1. The molecule has 3 heteroatoms. The second-order valence-corrected chi connectivity index (χ2v) is 5.76. The average molecular weight is 288 g/mol. The lowest BCUT2D eigenvalue weighted by atomic mass is 10.1. The van der Waals surface area contributed by atoms with Gasteiger partial charge in [-0.15, -0.1) is 0 Å². The average Bonchev–Trinajstić information content (AvgIpc) is 2.93. The van der Waals surface area contributed by atoms with Crippen LogP contribution in [0.25, 0.3) is 17.3 Å². The normalized spacial score (nSPS) is 15.4. The van der Waals surface area contributed by atoms with Gasteiger partial charge in [-0.1, -0.05) is 36.4 Å². The van der Waals surface area contributed by atoms with Crippen molar-refractivity contribution in [1.82, 2.24) is 9.38 Å². The van der Waals surface area contributed by atoms with Gasteiger partial charge in [0.2, 0.25) is 0 Å². The molecule has 2 heterocycles. The molecule has 4 rings (SSSR count). The predicted octanol–water partition coefficient (Wildman–Crippen LogP) is 3.49. The summed E-state index contributed by atoms with van der Waals surface area (Å²) >= 11 is 0. The van der Waals surface area contributed by atoms with E-state index >= 15 is 0 Å². The molecule has 0 atom stereocenters. The van der Waals surface area contributed by atoms with Crippen LogP contribution < -0.4 is 5.56 Å². The van der Waals surface area contributed by atoms with Crippen LogP contribution in [0.15, 0.2) is 53.5 Å². The zero-order chi connectivity index (χ0) is 15.1.